The van der Waals surface area contributed by atoms with Gasteiger partial charge in [-0.15, -0.1) is 0 Å². The van der Waals surface area contributed by atoms with E-state index >= 15 is 0 Å². The number of nitrogens with one attached hydrogen (secondary N) is 2. The van der Waals surface area contributed by atoms with Crippen LogP contribution >= 0.6 is 11.6 Å². The lowest BCUT2D eigenvalue weighted by atomic mass is 10.1. The number of likely N-dealkylation sites (tertiary alicyclic amines) is 1. The van der Waals surface area contributed by atoms with Crippen molar-refractivity contribution in [2.24, 2.45) is 0 Å². The molecule has 2 N–H and O–H groups in total. The van der Waals surface area contributed by atoms with Crippen LogP contribution in [0.3, 0.4) is 0 Å². The monoisotopic (exact) mass is 374 g/mol. The molecule has 0 bridgehead atoms. The van der Waals surface area contributed by atoms with Gasteiger partial charge in [-0.05, 0) is 57.5 Å². The minimum atomic E-state index is 0.0298. The Balaban J connectivity index is 1.39. The zero-order chi connectivity index (χ0) is 18.2. The van der Waals surface area contributed by atoms with Crippen molar-refractivity contribution in [1.82, 2.24) is 15.1 Å². The molecule has 0 spiro atoms. The number of unbranched alkanes of at least 4 members (excludes halogenated alkanes) is 1. The summed E-state index contributed by atoms with van der Waals surface area (Å²) in [4.78, 5) is 14.7. The van der Waals surface area contributed by atoms with E-state index in [1.54, 1.807) is 0 Å². The van der Waals surface area contributed by atoms with Gasteiger partial charge in [-0.25, -0.2) is 0 Å². The minimum absolute atomic E-state index is 0.0298. The zero-order valence-corrected chi connectivity index (χ0v) is 15.9. The molecule has 26 heavy (non-hydrogen) atoms. The third-order valence-corrected chi connectivity index (χ3v) is 5.03. The SMILES string of the molecule is O=C(CCCCN1CCCCCC1)Nc1cc(-c2cccc(Cl)c2)n[nH]1. The second-order valence-electron chi connectivity index (χ2n) is 6.94. The van der Waals surface area contributed by atoms with Gasteiger partial charge in [0.2, 0.25) is 5.91 Å². The highest BCUT2D eigenvalue weighted by Gasteiger charge is 2.10. The molecule has 0 unspecified atom stereocenters. The first-order valence-electron chi connectivity index (χ1n) is 9.54. The van der Waals surface area contributed by atoms with Crippen LogP contribution in [0.25, 0.3) is 11.3 Å². The fraction of sp³-hybridized carbons (Fsp3) is 0.500. The Bertz CT molecular complexity index is 707. The molecule has 1 aromatic carbocycles. The third kappa shape index (κ3) is 5.85. The molecule has 5 nitrogen and oxygen atoms in total. The maximum Gasteiger partial charge on any atom is 0.225 e. The topological polar surface area (TPSA) is 61.0 Å². The summed E-state index contributed by atoms with van der Waals surface area (Å²) in [6.07, 6.45) is 7.88. The maximum absolute atomic E-state index is 12.1. The molecule has 1 amide bonds. The molecule has 1 aliphatic rings. The van der Waals surface area contributed by atoms with Gasteiger partial charge in [-0.3, -0.25) is 9.89 Å². The summed E-state index contributed by atoms with van der Waals surface area (Å²) in [5.74, 6) is 0.652. The van der Waals surface area contributed by atoms with Gasteiger partial charge in [0, 0.05) is 23.1 Å². The predicted octanol–water partition coefficient (Wildman–Crippen LogP) is 4.71. The van der Waals surface area contributed by atoms with E-state index in [0.717, 1.165) is 30.6 Å². The highest BCUT2D eigenvalue weighted by Crippen LogP contribution is 2.22. The van der Waals surface area contributed by atoms with Crippen molar-refractivity contribution in [2.75, 3.05) is 25.0 Å². The van der Waals surface area contributed by atoms with E-state index in [1.807, 2.05) is 30.3 Å². The molecule has 2 aromatic rings. The summed E-state index contributed by atoms with van der Waals surface area (Å²) < 4.78 is 0. The van der Waals surface area contributed by atoms with Gasteiger partial charge >= 0.3 is 0 Å². The Morgan fingerprint density at radius 3 is 2.73 bits per heavy atom. The molecule has 0 aliphatic carbocycles. The molecule has 3 rings (SSSR count). The number of anilines is 1. The Hall–Kier alpha value is -1.85. The van der Waals surface area contributed by atoms with Crippen LogP contribution < -0.4 is 5.32 Å². The number of carbonyl (C=O) groups excluding carboxylic acids is 1. The van der Waals surface area contributed by atoms with Crippen molar-refractivity contribution in [3.63, 3.8) is 0 Å². The third-order valence-electron chi connectivity index (χ3n) is 4.80. The average molecular weight is 375 g/mol. The first-order valence-corrected chi connectivity index (χ1v) is 9.92. The summed E-state index contributed by atoms with van der Waals surface area (Å²) >= 11 is 6.01. The summed E-state index contributed by atoms with van der Waals surface area (Å²) in [5, 5.41) is 10.7. The first-order chi connectivity index (χ1) is 12.7. The van der Waals surface area contributed by atoms with Crippen molar-refractivity contribution in [2.45, 2.75) is 44.9 Å². The molecule has 1 aromatic heterocycles. The Kier molecular flexibility index (Phi) is 7.09. The molecular formula is C20H27ClN4O. The normalized spacial score (nSPS) is 15.6. The molecule has 0 atom stereocenters. The van der Waals surface area contributed by atoms with Crippen molar-refractivity contribution in [3.05, 3.63) is 35.4 Å². The van der Waals surface area contributed by atoms with Gasteiger partial charge in [0.15, 0.2) is 0 Å². The lowest BCUT2D eigenvalue weighted by molar-refractivity contribution is -0.116. The van der Waals surface area contributed by atoms with Gasteiger partial charge < -0.3 is 10.2 Å². The van der Waals surface area contributed by atoms with Crippen molar-refractivity contribution >= 4 is 23.3 Å². The zero-order valence-electron chi connectivity index (χ0n) is 15.1. The molecule has 2 heterocycles. The lowest BCUT2D eigenvalue weighted by Crippen LogP contribution is -2.25. The minimum Gasteiger partial charge on any atom is -0.311 e. The van der Waals surface area contributed by atoms with Crippen LogP contribution in [-0.2, 0) is 4.79 Å². The molecule has 0 radical (unpaired) electrons. The number of H-pyrrole nitrogens is 1. The van der Waals surface area contributed by atoms with Gasteiger partial charge in [-0.1, -0.05) is 36.6 Å². The summed E-state index contributed by atoms with van der Waals surface area (Å²) in [6, 6.07) is 9.34. The highest BCUT2D eigenvalue weighted by molar-refractivity contribution is 6.30. The molecule has 1 aliphatic heterocycles. The fourth-order valence-corrected chi connectivity index (χ4v) is 3.57. The van der Waals surface area contributed by atoms with E-state index in [4.69, 9.17) is 11.6 Å². The largest absolute Gasteiger partial charge is 0.311 e. The standard InChI is InChI=1S/C20H27ClN4O/c21-17-9-7-8-16(14-17)18-15-19(24-23-18)22-20(26)10-3-6-13-25-11-4-1-2-5-12-25/h7-9,14-15H,1-6,10-13H2,(H2,22,23,24,26). The van der Waals surface area contributed by atoms with Gasteiger partial charge in [0.25, 0.3) is 0 Å². The molecule has 6 heteroatoms. The van der Waals surface area contributed by atoms with E-state index in [0.29, 0.717) is 17.3 Å². The number of hydrogen-bond acceptors (Lipinski definition) is 3. The average Bonchev–Trinajstić information content (AvgIpc) is 2.93. The fourth-order valence-electron chi connectivity index (χ4n) is 3.37. The number of aromatic amines is 1. The predicted molar refractivity (Wildman–Crippen MR) is 106 cm³/mol. The highest BCUT2D eigenvalue weighted by atomic mass is 35.5. The molecule has 140 valence electrons. The van der Waals surface area contributed by atoms with E-state index in [2.05, 4.69) is 20.4 Å². The Morgan fingerprint density at radius 2 is 1.96 bits per heavy atom. The van der Waals surface area contributed by atoms with Crippen molar-refractivity contribution < 1.29 is 4.79 Å². The van der Waals surface area contributed by atoms with Crippen LogP contribution in [0.4, 0.5) is 5.82 Å². The Labute approximate surface area is 160 Å². The Morgan fingerprint density at radius 1 is 1.15 bits per heavy atom. The quantitative estimate of drug-likeness (QED) is 0.689. The van der Waals surface area contributed by atoms with E-state index in [-0.39, 0.29) is 5.91 Å². The second kappa shape index (κ2) is 9.74. The maximum atomic E-state index is 12.1. The van der Waals surface area contributed by atoms with Gasteiger partial charge in [0.05, 0.1) is 5.69 Å². The number of rotatable bonds is 7. The van der Waals surface area contributed by atoms with E-state index < -0.39 is 0 Å². The van der Waals surface area contributed by atoms with Crippen LogP contribution in [0.1, 0.15) is 44.9 Å². The van der Waals surface area contributed by atoms with Crippen LogP contribution in [0, 0.1) is 0 Å². The second-order valence-corrected chi connectivity index (χ2v) is 7.37. The number of carbonyl (C=O) groups is 1. The van der Waals surface area contributed by atoms with Crippen LogP contribution in [-0.4, -0.2) is 40.6 Å². The number of amides is 1. The number of halogens is 1. The van der Waals surface area contributed by atoms with Crippen molar-refractivity contribution in [3.8, 4) is 11.3 Å². The summed E-state index contributed by atoms with van der Waals surface area (Å²) in [5.41, 5.74) is 1.69. The van der Waals surface area contributed by atoms with Gasteiger partial charge in [-0.2, -0.15) is 5.10 Å². The number of benzene rings is 1. The molecular weight excluding hydrogens is 348 g/mol. The molecule has 1 fully saturated rings. The van der Waals surface area contributed by atoms with Crippen LogP contribution in [0.15, 0.2) is 30.3 Å². The number of aromatic nitrogens is 2. The molecule has 1 saturated heterocycles. The number of nitrogens with zero attached hydrogens (tertiary/aromatic N) is 2. The first kappa shape index (κ1) is 18.9. The van der Waals surface area contributed by atoms with E-state index in [1.165, 1.54) is 38.8 Å². The summed E-state index contributed by atoms with van der Waals surface area (Å²) in [6.45, 7) is 3.54. The van der Waals surface area contributed by atoms with Crippen molar-refractivity contribution in [1.29, 1.82) is 0 Å². The van der Waals surface area contributed by atoms with Crippen LogP contribution in [0.5, 0.6) is 0 Å². The molecule has 0 saturated carbocycles. The summed E-state index contributed by atoms with van der Waals surface area (Å²) in [7, 11) is 0. The number of hydrogen-bond donors (Lipinski definition) is 2. The lowest BCUT2D eigenvalue weighted by Gasteiger charge is -2.19. The van der Waals surface area contributed by atoms with Gasteiger partial charge in [0.1, 0.15) is 5.82 Å². The van der Waals surface area contributed by atoms with E-state index in [9.17, 15) is 4.79 Å². The van der Waals surface area contributed by atoms with Crippen LogP contribution in [0.2, 0.25) is 5.02 Å². The smallest absolute Gasteiger partial charge is 0.225 e.